The molecule has 2 N–H and O–H groups in total. The molecule has 0 spiro atoms. The molecule has 4 nitrogen and oxygen atoms in total. The van der Waals surface area contributed by atoms with Gasteiger partial charge in [-0.05, 0) is 60.5 Å². The molecule has 0 aromatic heterocycles. The highest BCUT2D eigenvalue weighted by Crippen LogP contribution is 2.02. The van der Waals surface area contributed by atoms with E-state index in [0.717, 1.165) is 32.6 Å². The van der Waals surface area contributed by atoms with Gasteiger partial charge in [0, 0.05) is 13.1 Å². The quantitative estimate of drug-likeness (QED) is 0.579. The fourth-order valence-corrected chi connectivity index (χ4v) is 1.88. The van der Waals surface area contributed by atoms with Crippen LogP contribution < -0.4 is 5.73 Å². The van der Waals surface area contributed by atoms with Crippen LogP contribution in [0.3, 0.4) is 0 Å². The summed E-state index contributed by atoms with van der Waals surface area (Å²) in [5.74, 6) is 0. The van der Waals surface area contributed by atoms with Gasteiger partial charge >= 0.3 is 0 Å². The van der Waals surface area contributed by atoms with E-state index in [1.807, 2.05) is 0 Å². The molecule has 0 amide bonds. The fourth-order valence-electron chi connectivity index (χ4n) is 1.88. The zero-order valence-corrected chi connectivity index (χ0v) is 12.4. The molecule has 0 bridgehead atoms. The van der Waals surface area contributed by atoms with Gasteiger partial charge in [0.05, 0.1) is 6.17 Å². The number of hydrogen-bond acceptors (Lipinski definition) is 4. The van der Waals surface area contributed by atoms with Gasteiger partial charge in [-0.1, -0.05) is 6.92 Å². The Hall–Kier alpha value is -0.160. The van der Waals surface area contributed by atoms with Crippen LogP contribution in [0, 0.1) is 0 Å². The summed E-state index contributed by atoms with van der Waals surface area (Å²) in [6.07, 6.45) is 3.65. The Morgan fingerprint density at radius 2 is 1.24 bits per heavy atom. The number of hydrogen-bond donors (Lipinski definition) is 1. The van der Waals surface area contributed by atoms with Crippen molar-refractivity contribution in [1.82, 2.24) is 14.7 Å². The molecule has 0 rings (SSSR count). The average Bonchev–Trinajstić information content (AvgIpc) is 2.25. The molecular weight excluding hydrogens is 212 g/mol. The molecule has 104 valence electrons. The van der Waals surface area contributed by atoms with Crippen LogP contribution in [0.15, 0.2) is 0 Å². The van der Waals surface area contributed by atoms with E-state index in [0.29, 0.717) is 0 Å². The van der Waals surface area contributed by atoms with Crippen molar-refractivity contribution in [3.8, 4) is 0 Å². The molecule has 0 aromatic carbocycles. The molecule has 4 heteroatoms. The lowest BCUT2D eigenvalue weighted by Gasteiger charge is -2.29. The van der Waals surface area contributed by atoms with Crippen LogP contribution in [0.2, 0.25) is 0 Å². The Labute approximate surface area is 108 Å². The van der Waals surface area contributed by atoms with E-state index < -0.39 is 0 Å². The van der Waals surface area contributed by atoms with Crippen molar-refractivity contribution in [1.29, 1.82) is 0 Å². The standard InChI is InChI=1S/C13H32N4/c1-6-13(14)17(11-7-9-15(2)3)12-8-10-16(4)5/h13H,6-12,14H2,1-5H3. The minimum Gasteiger partial charge on any atom is -0.316 e. The predicted octanol–water partition coefficient (Wildman–Crippen LogP) is 0.887. The Kier molecular flexibility index (Phi) is 9.74. The summed E-state index contributed by atoms with van der Waals surface area (Å²) in [5.41, 5.74) is 6.15. The summed E-state index contributed by atoms with van der Waals surface area (Å²) < 4.78 is 0. The van der Waals surface area contributed by atoms with Crippen molar-refractivity contribution < 1.29 is 0 Å². The van der Waals surface area contributed by atoms with Crippen LogP contribution in [-0.4, -0.2) is 75.2 Å². The normalized spacial score (nSPS) is 13.9. The highest BCUT2D eigenvalue weighted by Gasteiger charge is 2.11. The SMILES string of the molecule is CCC(N)N(CCCN(C)C)CCCN(C)C. The van der Waals surface area contributed by atoms with Crippen LogP contribution in [0.25, 0.3) is 0 Å². The van der Waals surface area contributed by atoms with Crippen molar-refractivity contribution in [2.45, 2.75) is 32.4 Å². The predicted molar refractivity (Wildman–Crippen MR) is 76.2 cm³/mol. The zero-order valence-electron chi connectivity index (χ0n) is 12.4. The maximum absolute atomic E-state index is 6.15. The van der Waals surface area contributed by atoms with Gasteiger partial charge in [-0.2, -0.15) is 0 Å². The molecule has 0 aliphatic carbocycles. The van der Waals surface area contributed by atoms with E-state index in [-0.39, 0.29) is 6.17 Å². The van der Waals surface area contributed by atoms with E-state index >= 15 is 0 Å². The van der Waals surface area contributed by atoms with Gasteiger partial charge in [0.25, 0.3) is 0 Å². The Balaban J connectivity index is 3.88. The minimum atomic E-state index is 0.222. The second kappa shape index (κ2) is 9.83. The maximum Gasteiger partial charge on any atom is 0.0569 e. The summed E-state index contributed by atoms with van der Waals surface area (Å²) in [6.45, 7) is 6.66. The highest BCUT2D eigenvalue weighted by atomic mass is 15.2. The first-order valence-corrected chi connectivity index (χ1v) is 6.76. The molecule has 17 heavy (non-hydrogen) atoms. The third-order valence-corrected chi connectivity index (χ3v) is 2.99. The molecule has 0 radical (unpaired) electrons. The Bertz CT molecular complexity index is 157. The Morgan fingerprint density at radius 1 is 0.824 bits per heavy atom. The van der Waals surface area contributed by atoms with Crippen molar-refractivity contribution in [2.75, 3.05) is 54.4 Å². The van der Waals surface area contributed by atoms with E-state index in [1.165, 1.54) is 12.8 Å². The zero-order chi connectivity index (χ0) is 13.3. The minimum absolute atomic E-state index is 0.222. The summed E-state index contributed by atoms with van der Waals surface area (Å²) >= 11 is 0. The first kappa shape index (κ1) is 16.8. The summed E-state index contributed by atoms with van der Waals surface area (Å²) in [5, 5.41) is 0. The van der Waals surface area contributed by atoms with Gasteiger partial charge in [-0.15, -0.1) is 0 Å². The lowest BCUT2D eigenvalue weighted by Crippen LogP contribution is -2.43. The largest absolute Gasteiger partial charge is 0.316 e. The summed E-state index contributed by atoms with van der Waals surface area (Å²) in [6, 6.07) is 0. The lowest BCUT2D eigenvalue weighted by molar-refractivity contribution is 0.177. The molecule has 0 aromatic rings. The fraction of sp³-hybridized carbons (Fsp3) is 1.00. The maximum atomic E-state index is 6.15. The summed E-state index contributed by atoms with van der Waals surface area (Å²) in [4.78, 5) is 6.89. The monoisotopic (exact) mass is 244 g/mol. The second-order valence-corrected chi connectivity index (χ2v) is 5.33. The second-order valence-electron chi connectivity index (χ2n) is 5.33. The van der Waals surface area contributed by atoms with E-state index in [9.17, 15) is 0 Å². The lowest BCUT2D eigenvalue weighted by atomic mass is 10.2. The van der Waals surface area contributed by atoms with Gasteiger partial charge in [0.2, 0.25) is 0 Å². The van der Waals surface area contributed by atoms with E-state index in [1.54, 1.807) is 0 Å². The molecule has 0 aliphatic rings. The molecular formula is C13H32N4. The molecule has 0 fully saturated rings. The van der Waals surface area contributed by atoms with Crippen LogP contribution >= 0.6 is 0 Å². The van der Waals surface area contributed by atoms with E-state index in [2.05, 4.69) is 49.8 Å². The van der Waals surface area contributed by atoms with Gasteiger partial charge in [0.15, 0.2) is 0 Å². The van der Waals surface area contributed by atoms with Crippen molar-refractivity contribution in [3.63, 3.8) is 0 Å². The first-order valence-electron chi connectivity index (χ1n) is 6.76. The third-order valence-electron chi connectivity index (χ3n) is 2.99. The van der Waals surface area contributed by atoms with Crippen LogP contribution in [0.4, 0.5) is 0 Å². The molecule has 0 saturated carbocycles. The molecule has 0 aliphatic heterocycles. The van der Waals surface area contributed by atoms with Crippen molar-refractivity contribution in [2.24, 2.45) is 5.73 Å². The average molecular weight is 244 g/mol. The smallest absolute Gasteiger partial charge is 0.0569 e. The van der Waals surface area contributed by atoms with Crippen molar-refractivity contribution in [3.05, 3.63) is 0 Å². The van der Waals surface area contributed by atoms with Crippen LogP contribution in [0.1, 0.15) is 26.2 Å². The molecule has 1 unspecified atom stereocenters. The highest BCUT2D eigenvalue weighted by molar-refractivity contribution is 4.66. The van der Waals surface area contributed by atoms with Gasteiger partial charge in [-0.3, -0.25) is 4.90 Å². The third kappa shape index (κ3) is 9.53. The van der Waals surface area contributed by atoms with Gasteiger partial charge in [0.1, 0.15) is 0 Å². The number of rotatable bonds is 10. The van der Waals surface area contributed by atoms with Crippen molar-refractivity contribution >= 4 is 0 Å². The Morgan fingerprint density at radius 3 is 1.53 bits per heavy atom. The van der Waals surface area contributed by atoms with Crippen LogP contribution in [-0.2, 0) is 0 Å². The van der Waals surface area contributed by atoms with Gasteiger partial charge < -0.3 is 15.5 Å². The number of nitrogens with zero attached hydrogens (tertiary/aromatic N) is 3. The topological polar surface area (TPSA) is 35.7 Å². The number of nitrogens with two attached hydrogens (primary N) is 1. The van der Waals surface area contributed by atoms with Crippen LogP contribution in [0.5, 0.6) is 0 Å². The molecule has 1 atom stereocenters. The first-order chi connectivity index (χ1) is 7.97. The summed E-state index contributed by atoms with van der Waals surface area (Å²) in [7, 11) is 8.48. The van der Waals surface area contributed by atoms with Gasteiger partial charge in [-0.25, -0.2) is 0 Å². The molecule has 0 saturated heterocycles. The molecule has 0 heterocycles. The van der Waals surface area contributed by atoms with E-state index in [4.69, 9.17) is 5.73 Å².